The van der Waals surface area contributed by atoms with Crippen molar-refractivity contribution >= 4 is 17.6 Å². The van der Waals surface area contributed by atoms with Crippen LogP contribution in [0.4, 0.5) is 26.3 Å². The van der Waals surface area contributed by atoms with Crippen molar-refractivity contribution in [2.75, 3.05) is 7.11 Å². The number of carbonyl (C=O) groups is 1. The number of ether oxygens (including phenoxy) is 2. The van der Waals surface area contributed by atoms with Crippen LogP contribution in [0.15, 0.2) is 6.07 Å². The van der Waals surface area contributed by atoms with Crippen LogP contribution >= 0.6 is 11.6 Å². The number of esters is 1. The maximum absolute atomic E-state index is 12.9. The van der Waals surface area contributed by atoms with Crippen molar-refractivity contribution < 1.29 is 40.6 Å². The van der Waals surface area contributed by atoms with Crippen LogP contribution in [0.25, 0.3) is 0 Å². The first kappa shape index (κ1) is 18.3. The average Bonchev–Trinajstić information content (AvgIpc) is 2.36. The van der Waals surface area contributed by atoms with Crippen molar-refractivity contribution in [1.29, 1.82) is 0 Å². The molecule has 11 heteroatoms. The number of aromatic nitrogens is 1. The molecule has 0 aromatic carbocycles. The van der Waals surface area contributed by atoms with Gasteiger partial charge in [0, 0.05) is 5.56 Å². The highest BCUT2D eigenvalue weighted by molar-refractivity contribution is 6.17. The van der Waals surface area contributed by atoms with Gasteiger partial charge in [-0.1, -0.05) is 0 Å². The second kappa shape index (κ2) is 6.59. The molecule has 0 aliphatic carbocycles. The van der Waals surface area contributed by atoms with Gasteiger partial charge in [-0.15, -0.1) is 24.8 Å². The molecule has 1 rings (SSSR count). The van der Waals surface area contributed by atoms with Gasteiger partial charge in [0.05, 0.1) is 19.4 Å². The van der Waals surface area contributed by atoms with E-state index in [1.807, 2.05) is 0 Å². The molecule has 0 radical (unpaired) electrons. The zero-order valence-electron chi connectivity index (χ0n) is 10.8. The molecule has 0 saturated heterocycles. The lowest BCUT2D eigenvalue weighted by atomic mass is 10.1. The van der Waals surface area contributed by atoms with Crippen molar-refractivity contribution in [3.8, 4) is 5.88 Å². The minimum atomic E-state index is -5.24. The van der Waals surface area contributed by atoms with Gasteiger partial charge in [0.2, 0.25) is 5.88 Å². The molecule has 22 heavy (non-hydrogen) atoms. The van der Waals surface area contributed by atoms with E-state index in [-0.39, 0.29) is 0 Å². The molecule has 0 unspecified atom stereocenters. The monoisotopic (exact) mass is 351 g/mol. The summed E-state index contributed by atoms with van der Waals surface area (Å²) in [7, 11) is 0.951. The highest BCUT2D eigenvalue weighted by Gasteiger charge is 2.39. The lowest BCUT2D eigenvalue weighted by Gasteiger charge is -2.17. The SMILES string of the molecule is COC(=O)Cc1cc(CCl)c(OC(F)(F)F)nc1C(F)(F)F. The Bertz CT molecular complexity index is 558. The van der Waals surface area contributed by atoms with Crippen LogP contribution < -0.4 is 4.74 Å². The summed E-state index contributed by atoms with van der Waals surface area (Å²) in [6, 6.07) is 0.681. The smallest absolute Gasteiger partial charge is 0.469 e. The third kappa shape index (κ3) is 4.93. The summed E-state index contributed by atoms with van der Waals surface area (Å²) in [6.45, 7) is 0. The molecular formula is C11H8ClF6NO3. The van der Waals surface area contributed by atoms with Gasteiger partial charge in [0.15, 0.2) is 5.69 Å². The zero-order chi connectivity index (χ0) is 17.1. The van der Waals surface area contributed by atoms with E-state index in [1.54, 1.807) is 0 Å². The van der Waals surface area contributed by atoms with Gasteiger partial charge in [-0.3, -0.25) is 4.79 Å². The fraction of sp³-hybridized carbons (Fsp3) is 0.455. The van der Waals surface area contributed by atoms with E-state index in [0.717, 1.165) is 7.11 Å². The largest absolute Gasteiger partial charge is 0.574 e. The molecule has 0 N–H and O–H groups in total. The Morgan fingerprint density at radius 3 is 2.23 bits per heavy atom. The molecule has 1 heterocycles. The third-order valence-electron chi connectivity index (χ3n) is 2.33. The van der Waals surface area contributed by atoms with Gasteiger partial charge in [0.25, 0.3) is 0 Å². The fourth-order valence-corrected chi connectivity index (χ4v) is 1.68. The van der Waals surface area contributed by atoms with Crippen molar-refractivity contribution in [2.45, 2.75) is 24.8 Å². The van der Waals surface area contributed by atoms with E-state index in [1.165, 1.54) is 0 Å². The standard InChI is InChI=1S/C11H8ClF6NO3/c1-21-7(20)3-5-2-6(4-12)9(22-11(16,17)18)19-8(5)10(13,14)15/h2H,3-4H2,1H3. The fourth-order valence-electron chi connectivity index (χ4n) is 1.49. The molecule has 0 aliphatic heterocycles. The predicted octanol–water partition coefficient (Wildman–Crippen LogP) is 3.45. The Labute approximate surface area is 125 Å². The Morgan fingerprint density at radius 2 is 1.82 bits per heavy atom. The van der Waals surface area contributed by atoms with E-state index in [4.69, 9.17) is 11.6 Å². The molecule has 0 bridgehead atoms. The topological polar surface area (TPSA) is 48.4 Å². The predicted molar refractivity (Wildman–Crippen MR) is 61.2 cm³/mol. The molecule has 0 fully saturated rings. The highest BCUT2D eigenvalue weighted by atomic mass is 35.5. The maximum Gasteiger partial charge on any atom is 0.574 e. The van der Waals surface area contributed by atoms with E-state index >= 15 is 0 Å². The lowest BCUT2D eigenvalue weighted by molar-refractivity contribution is -0.276. The third-order valence-corrected chi connectivity index (χ3v) is 2.62. The number of alkyl halides is 7. The van der Waals surface area contributed by atoms with Gasteiger partial charge in [-0.2, -0.15) is 13.2 Å². The van der Waals surface area contributed by atoms with Crippen LogP contribution in [0.3, 0.4) is 0 Å². The summed E-state index contributed by atoms with van der Waals surface area (Å²) in [5.41, 5.74) is -2.78. The van der Waals surface area contributed by atoms with Crippen molar-refractivity contribution in [3.05, 3.63) is 22.9 Å². The summed E-state index contributed by atoms with van der Waals surface area (Å²) < 4.78 is 82.8. The summed E-state index contributed by atoms with van der Waals surface area (Å²) in [4.78, 5) is 13.9. The number of carbonyl (C=O) groups excluding carboxylic acids is 1. The Balaban J connectivity index is 3.42. The van der Waals surface area contributed by atoms with Crippen molar-refractivity contribution in [2.24, 2.45) is 0 Å². The molecule has 1 aromatic rings. The summed E-state index contributed by atoms with van der Waals surface area (Å²) >= 11 is 5.39. The molecule has 0 saturated carbocycles. The van der Waals surface area contributed by atoms with Gasteiger partial charge in [-0.25, -0.2) is 4.98 Å². The van der Waals surface area contributed by atoms with Crippen LogP contribution in [0.1, 0.15) is 16.8 Å². The van der Waals surface area contributed by atoms with Crippen molar-refractivity contribution in [1.82, 2.24) is 4.98 Å². The van der Waals surface area contributed by atoms with Crippen LogP contribution in [-0.2, 0) is 28.0 Å². The molecule has 124 valence electrons. The number of rotatable bonds is 4. The Morgan fingerprint density at radius 1 is 1.23 bits per heavy atom. The minimum absolute atomic E-state index is 0.439. The average molecular weight is 352 g/mol. The van der Waals surface area contributed by atoms with Gasteiger partial charge in [-0.05, 0) is 11.6 Å². The van der Waals surface area contributed by atoms with Gasteiger partial charge >= 0.3 is 18.5 Å². The zero-order valence-corrected chi connectivity index (χ0v) is 11.6. The number of hydrogen-bond acceptors (Lipinski definition) is 4. The first-order chi connectivity index (χ1) is 9.97. The molecule has 0 spiro atoms. The Hall–Kier alpha value is -1.71. The van der Waals surface area contributed by atoms with E-state index < -0.39 is 53.5 Å². The van der Waals surface area contributed by atoms with Gasteiger partial charge in [0.1, 0.15) is 0 Å². The number of methoxy groups -OCH3 is 1. The summed E-state index contributed by atoms with van der Waals surface area (Å²) in [6.07, 6.45) is -11.1. The van der Waals surface area contributed by atoms with Crippen molar-refractivity contribution in [3.63, 3.8) is 0 Å². The first-order valence-electron chi connectivity index (χ1n) is 5.46. The highest BCUT2D eigenvalue weighted by Crippen LogP contribution is 2.35. The number of pyridine rings is 1. The molecule has 0 amide bonds. The summed E-state index contributed by atoms with van der Waals surface area (Å²) in [5.74, 6) is -2.93. The second-order valence-corrected chi connectivity index (χ2v) is 4.16. The normalized spacial score (nSPS) is 12.2. The molecular weight excluding hydrogens is 344 g/mol. The first-order valence-corrected chi connectivity index (χ1v) is 6.00. The second-order valence-electron chi connectivity index (χ2n) is 3.89. The van der Waals surface area contributed by atoms with Crippen LogP contribution in [0.5, 0.6) is 5.88 Å². The maximum atomic E-state index is 12.9. The molecule has 4 nitrogen and oxygen atoms in total. The van der Waals surface area contributed by atoms with E-state index in [2.05, 4.69) is 14.5 Å². The lowest BCUT2D eigenvalue weighted by Crippen LogP contribution is -2.22. The van der Waals surface area contributed by atoms with E-state index in [9.17, 15) is 31.1 Å². The summed E-state index contributed by atoms with van der Waals surface area (Å²) in [5, 5.41) is 0. The van der Waals surface area contributed by atoms with E-state index in [0.29, 0.717) is 6.07 Å². The minimum Gasteiger partial charge on any atom is -0.469 e. The van der Waals surface area contributed by atoms with Gasteiger partial charge < -0.3 is 9.47 Å². The molecule has 0 aliphatic rings. The Kier molecular flexibility index (Phi) is 5.49. The number of hydrogen-bond donors (Lipinski definition) is 0. The van der Waals surface area contributed by atoms with Crippen LogP contribution in [-0.4, -0.2) is 24.4 Å². The molecule has 0 atom stereocenters. The molecule has 1 aromatic heterocycles. The quantitative estimate of drug-likeness (QED) is 0.473. The number of halogens is 7. The van der Waals surface area contributed by atoms with Crippen LogP contribution in [0.2, 0.25) is 0 Å². The van der Waals surface area contributed by atoms with Crippen LogP contribution in [0, 0.1) is 0 Å². The number of nitrogens with zero attached hydrogens (tertiary/aromatic N) is 1.